The lowest BCUT2D eigenvalue weighted by Gasteiger charge is -2.28. The van der Waals surface area contributed by atoms with Crippen molar-refractivity contribution in [3.63, 3.8) is 0 Å². The highest BCUT2D eigenvalue weighted by molar-refractivity contribution is 6.30. The molecule has 5 heterocycles. The summed E-state index contributed by atoms with van der Waals surface area (Å²) in [6, 6.07) is 4.25. The molecule has 2 aliphatic heterocycles. The molecule has 0 atom stereocenters. The molecule has 3 aromatic rings. The van der Waals surface area contributed by atoms with Gasteiger partial charge in [0.15, 0.2) is 0 Å². The van der Waals surface area contributed by atoms with Crippen molar-refractivity contribution in [2.75, 3.05) is 41.3 Å². The van der Waals surface area contributed by atoms with Gasteiger partial charge in [-0.25, -0.2) is 15.0 Å². The third kappa shape index (κ3) is 5.97. The minimum absolute atomic E-state index is 0.0590. The molecule has 2 aliphatic rings. The van der Waals surface area contributed by atoms with Gasteiger partial charge in [0.05, 0.1) is 16.8 Å². The van der Waals surface area contributed by atoms with E-state index in [-0.39, 0.29) is 31.1 Å². The van der Waals surface area contributed by atoms with Crippen molar-refractivity contribution in [3.8, 4) is 0 Å². The lowest BCUT2D eigenvalue weighted by molar-refractivity contribution is -0.138. The van der Waals surface area contributed by atoms with E-state index in [1.165, 1.54) is 12.3 Å². The van der Waals surface area contributed by atoms with Crippen LogP contribution in [0, 0.1) is 0 Å². The average Bonchev–Trinajstić information content (AvgIpc) is 3.11. The van der Waals surface area contributed by atoms with Crippen LogP contribution in [0.15, 0.2) is 30.5 Å². The third-order valence-corrected chi connectivity index (χ3v) is 7.05. The van der Waals surface area contributed by atoms with Crippen molar-refractivity contribution in [2.24, 2.45) is 0 Å². The van der Waals surface area contributed by atoms with Gasteiger partial charge < -0.3 is 15.1 Å². The second kappa shape index (κ2) is 10.7. The van der Waals surface area contributed by atoms with E-state index in [0.29, 0.717) is 29.4 Å². The minimum Gasteiger partial charge on any atom is -0.355 e. The van der Waals surface area contributed by atoms with Crippen LogP contribution in [0.5, 0.6) is 0 Å². The second-order valence-electron chi connectivity index (χ2n) is 9.36. The number of piperidine rings is 1. The van der Waals surface area contributed by atoms with Gasteiger partial charge in [-0.3, -0.25) is 0 Å². The highest BCUT2D eigenvalue weighted by Gasteiger charge is 2.37. The molecule has 1 saturated heterocycles. The van der Waals surface area contributed by atoms with E-state index >= 15 is 0 Å². The predicted octanol–water partition coefficient (Wildman–Crippen LogP) is 6.30. The summed E-state index contributed by atoms with van der Waals surface area (Å²) in [5, 5.41) is 2.29. The molecule has 7 nitrogen and oxygen atoms in total. The highest BCUT2D eigenvalue weighted by Crippen LogP contribution is 2.37. The standard InChI is InChI=1S/C25H24ClF6N7/c26-20-16(24(27,28)29)6-7-19(35-20)36-21-15-8-13-38(22-17(25(30,31)32)5-4-10-33-22)14-9-18(15)34-23(37-21)39-11-2-1-3-12-39/h4-7,10H,1-3,8-9,11-14H2,(H,34,35,36,37). The van der Waals surface area contributed by atoms with Gasteiger partial charge in [0.25, 0.3) is 0 Å². The summed E-state index contributed by atoms with van der Waals surface area (Å²) in [5.74, 6) is 0.690. The molecule has 0 aliphatic carbocycles. The van der Waals surface area contributed by atoms with Crippen molar-refractivity contribution >= 4 is 35.0 Å². The monoisotopic (exact) mass is 571 g/mol. The van der Waals surface area contributed by atoms with Crippen LogP contribution in [0.2, 0.25) is 5.15 Å². The number of pyridine rings is 2. The van der Waals surface area contributed by atoms with Gasteiger partial charge in [0, 0.05) is 44.4 Å². The summed E-state index contributed by atoms with van der Waals surface area (Å²) < 4.78 is 80.5. The van der Waals surface area contributed by atoms with E-state index in [4.69, 9.17) is 16.6 Å². The maximum atomic E-state index is 13.7. The smallest absolute Gasteiger partial charge is 0.355 e. The average molecular weight is 572 g/mol. The summed E-state index contributed by atoms with van der Waals surface area (Å²) in [7, 11) is 0. The van der Waals surface area contributed by atoms with E-state index in [9.17, 15) is 26.3 Å². The van der Waals surface area contributed by atoms with Gasteiger partial charge in [-0.2, -0.15) is 31.3 Å². The van der Waals surface area contributed by atoms with Gasteiger partial charge >= 0.3 is 12.4 Å². The van der Waals surface area contributed by atoms with Gasteiger partial charge in [-0.05, 0) is 49.9 Å². The maximum Gasteiger partial charge on any atom is 0.419 e. The molecule has 0 spiro atoms. The van der Waals surface area contributed by atoms with Crippen LogP contribution in [0.4, 0.5) is 49.7 Å². The summed E-state index contributed by atoms with van der Waals surface area (Å²) in [4.78, 5) is 21.0. The Kier molecular flexibility index (Phi) is 7.45. The number of aromatic nitrogens is 4. The Balaban J connectivity index is 1.50. The Morgan fingerprint density at radius 3 is 2.18 bits per heavy atom. The van der Waals surface area contributed by atoms with Crippen molar-refractivity contribution in [1.29, 1.82) is 0 Å². The number of nitrogens with zero attached hydrogens (tertiary/aromatic N) is 6. The number of anilines is 4. The molecule has 0 bridgehead atoms. The molecule has 1 fully saturated rings. The maximum absolute atomic E-state index is 13.7. The van der Waals surface area contributed by atoms with Crippen molar-refractivity contribution in [3.05, 3.63) is 58.0 Å². The quantitative estimate of drug-likeness (QED) is 0.291. The van der Waals surface area contributed by atoms with E-state index in [1.54, 1.807) is 4.90 Å². The lowest BCUT2D eigenvalue weighted by Crippen LogP contribution is -2.31. The predicted molar refractivity (Wildman–Crippen MR) is 134 cm³/mol. The topological polar surface area (TPSA) is 70.1 Å². The fraction of sp³-hybridized carbons (Fsp3) is 0.440. The summed E-state index contributed by atoms with van der Waals surface area (Å²) in [6.07, 6.45) is -4.28. The molecule has 14 heteroatoms. The molecule has 0 unspecified atom stereocenters. The molecule has 0 amide bonds. The van der Waals surface area contributed by atoms with Gasteiger partial charge in [-0.15, -0.1) is 0 Å². The van der Waals surface area contributed by atoms with Crippen LogP contribution in [0.25, 0.3) is 0 Å². The molecule has 0 aromatic carbocycles. The largest absolute Gasteiger partial charge is 0.419 e. The minimum atomic E-state index is -4.65. The van der Waals surface area contributed by atoms with Crippen molar-refractivity contribution in [1.82, 2.24) is 19.9 Å². The van der Waals surface area contributed by atoms with E-state index in [2.05, 4.69) is 20.3 Å². The Hall–Kier alpha value is -3.35. The number of rotatable bonds is 4. The Labute approximate surface area is 225 Å². The number of hydrogen-bond acceptors (Lipinski definition) is 7. The Morgan fingerprint density at radius 1 is 0.769 bits per heavy atom. The van der Waals surface area contributed by atoms with E-state index in [1.807, 2.05) is 4.90 Å². The molecule has 208 valence electrons. The zero-order valence-corrected chi connectivity index (χ0v) is 21.3. The van der Waals surface area contributed by atoms with Crippen molar-refractivity contribution < 1.29 is 26.3 Å². The number of nitrogens with one attached hydrogen (secondary N) is 1. The van der Waals surface area contributed by atoms with Crippen LogP contribution in [-0.2, 0) is 25.2 Å². The first-order valence-corrected chi connectivity index (χ1v) is 12.8. The first-order chi connectivity index (χ1) is 18.5. The first kappa shape index (κ1) is 27.2. The van der Waals surface area contributed by atoms with E-state index < -0.39 is 28.6 Å². The molecule has 1 N–H and O–H groups in total. The Bertz CT molecular complexity index is 1340. The first-order valence-electron chi connectivity index (χ1n) is 12.4. The molecule has 5 rings (SSSR count). The van der Waals surface area contributed by atoms with Crippen LogP contribution in [-0.4, -0.2) is 46.1 Å². The summed E-state index contributed by atoms with van der Waals surface area (Å²) in [6.45, 7) is 1.94. The normalized spacial score (nSPS) is 16.6. The lowest BCUT2D eigenvalue weighted by atomic mass is 10.1. The van der Waals surface area contributed by atoms with Crippen LogP contribution < -0.4 is 15.1 Å². The third-order valence-electron chi connectivity index (χ3n) is 6.76. The fourth-order valence-corrected chi connectivity index (χ4v) is 5.10. The molecular weight excluding hydrogens is 548 g/mol. The van der Waals surface area contributed by atoms with Gasteiger partial charge in [0.2, 0.25) is 5.95 Å². The molecule has 0 saturated carbocycles. The summed E-state index contributed by atoms with van der Waals surface area (Å²) in [5.41, 5.74) is -0.576. The number of fused-ring (bicyclic) bond motifs is 1. The van der Waals surface area contributed by atoms with Crippen LogP contribution in [0.3, 0.4) is 0 Å². The molecular formula is C25H24ClF6N7. The summed E-state index contributed by atoms with van der Waals surface area (Å²) >= 11 is 5.82. The zero-order valence-electron chi connectivity index (χ0n) is 20.6. The molecule has 0 radical (unpaired) electrons. The number of alkyl halides is 6. The number of halogens is 7. The van der Waals surface area contributed by atoms with Crippen LogP contribution in [0.1, 0.15) is 41.6 Å². The second-order valence-corrected chi connectivity index (χ2v) is 9.72. The van der Waals surface area contributed by atoms with E-state index in [0.717, 1.165) is 50.6 Å². The number of hydrogen-bond donors (Lipinski definition) is 1. The molecule has 3 aromatic heterocycles. The van der Waals surface area contributed by atoms with Gasteiger partial charge in [-0.1, -0.05) is 11.6 Å². The van der Waals surface area contributed by atoms with Crippen LogP contribution >= 0.6 is 11.6 Å². The fourth-order valence-electron chi connectivity index (χ4n) is 4.84. The highest BCUT2D eigenvalue weighted by atomic mass is 35.5. The molecule has 39 heavy (non-hydrogen) atoms. The SMILES string of the molecule is FC(F)(F)c1ccc(Nc2nc(N3CCCCC3)nc3c2CCN(c2ncccc2C(F)(F)F)CC3)nc1Cl. The van der Waals surface area contributed by atoms with Crippen molar-refractivity contribution in [2.45, 2.75) is 44.5 Å². The van der Waals surface area contributed by atoms with Gasteiger partial charge in [0.1, 0.15) is 22.6 Å². The zero-order chi connectivity index (χ0) is 27.8. The Morgan fingerprint density at radius 2 is 1.49 bits per heavy atom.